The maximum absolute atomic E-state index is 12.8. The smallest absolute Gasteiger partial charge is 0.359 e. The summed E-state index contributed by atoms with van der Waals surface area (Å²) in [6, 6.07) is 1.41. The van der Waals surface area contributed by atoms with Crippen LogP contribution in [0.1, 0.15) is 58.7 Å². The zero-order chi connectivity index (χ0) is 25.6. The summed E-state index contributed by atoms with van der Waals surface area (Å²) in [5.74, 6) is 0. The minimum Gasteiger partial charge on any atom is -0.388 e. The van der Waals surface area contributed by atoms with Crippen molar-refractivity contribution in [3.63, 3.8) is 0 Å². The molecule has 1 saturated heterocycles. The predicted octanol–water partition coefficient (Wildman–Crippen LogP) is 2.26. The fourth-order valence-electron chi connectivity index (χ4n) is 3.86. The molecule has 1 aliphatic heterocycles. The molecule has 190 valence electrons. The molecule has 34 heavy (non-hydrogen) atoms. The highest BCUT2D eigenvalue weighted by atomic mass is 32.1. The number of hydrogen-bond acceptors (Lipinski definition) is 9. The molecule has 2 aromatic heterocycles. The van der Waals surface area contributed by atoms with Crippen LogP contribution in [0.25, 0.3) is 11.0 Å². The Balaban J connectivity index is 1.90. The number of fused-ring (bicyclic) bond motifs is 1. The standard InChI is InChI=1S/C21H32N3O8PS/c1-6-20(4,32-33(29,30)21(5,28)7-2)9-13-15(26)16(27)18(31-13)24-10-12-11(3)8-14(25)22-17(12)23-19(24)34/h8,10,13,15-16,18,26-28H,6-7,9H2,1-5H3,(H,29,30)(H,22,23,25,34)/t13-,15?,16+,18-,20?,21?/m1/s1. The Kier molecular flexibility index (Phi) is 7.58. The molecule has 0 bridgehead atoms. The Hall–Kier alpha value is -1.50. The van der Waals surface area contributed by atoms with Crippen LogP contribution < -0.4 is 5.56 Å². The first kappa shape index (κ1) is 27.1. The fourth-order valence-corrected chi connectivity index (χ4v) is 5.50. The average Bonchev–Trinajstić information content (AvgIpc) is 3.00. The number of rotatable bonds is 8. The molecule has 0 amide bonds. The van der Waals surface area contributed by atoms with Crippen LogP contribution in [0.3, 0.4) is 0 Å². The molecule has 2 aromatic rings. The molecule has 0 spiro atoms. The van der Waals surface area contributed by atoms with Crippen molar-refractivity contribution in [2.24, 2.45) is 0 Å². The zero-order valence-corrected chi connectivity index (χ0v) is 21.5. The number of aliphatic hydroxyl groups is 3. The topological polar surface area (TPSA) is 167 Å². The SMILES string of the molecule is CCC(C)(C[C@H]1O[C@@H](n2cc3c(C)cc(=O)[nH]c3nc2=S)[C@@H](O)C1O)OP(=O)(O)C(C)(O)CC. The molecule has 0 radical (unpaired) electrons. The zero-order valence-electron chi connectivity index (χ0n) is 19.8. The van der Waals surface area contributed by atoms with E-state index in [2.05, 4.69) is 9.97 Å². The molecule has 0 saturated carbocycles. The molecule has 5 N–H and O–H groups in total. The average molecular weight is 518 g/mol. The molecular formula is C21H32N3O8PS. The van der Waals surface area contributed by atoms with Crippen LogP contribution in [0.4, 0.5) is 0 Å². The highest BCUT2D eigenvalue weighted by Gasteiger charge is 2.50. The monoisotopic (exact) mass is 517 g/mol. The van der Waals surface area contributed by atoms with Crippen LogP contribution in [0.15, 0.2) is 17.1 Å². The Morgan fingerprint density at radius 2 is 1.94 bits per heavy atom. The molecule has 4 unspecified atom stereocenters. The van der Waals surface area contributed by atoms with Gasteiger partial charge in [0.1, 0.15) is 17.9 Å². The number of aryl methyl sites for hydroxylation is 1. The molecule has 3 heterocycles. The van der Waals surface area contributed by atoms with Crippen LogP contribution in [-0.2, 0) is 13.8 Å². The van der Waals surface area contributed by atoms with E-state index < -0.39 is 43.1 Å². The van der Waals surface area contributed by atoms with Gasteiger partial charge in [-0.25, -0.2) is 4.98 Å². The minimum atomic E-state index is -4.45. The van der Waals surface area contributed by atoms with Crippen LogP contribution in [0.2, 0.25) is 0 Å². The maximum atomic E-state index is 12.8. The lowest BCUT2D eigenvalue weighted by atomic mass is 9.93. The van der Waals surface area contributed by atoms with Crippen molar-refractivity contribution in [2.75, 3.05) is 0 Å². The van der Waals surface area contributed by atoms with Gasteiger partial charge in [-0.3, -0.25) is 13.9 Å². The predicted molar refractivity (Wildman–Crippen MR) is 127 cm³/mol. The summed E-state index contributed by atoms with van der Waals surface area (Å²) in [5, 5.41) is 30.4. The Bertz CT molecular complexity index is 1230. The molecule has 0 aromatic carbocycles. The van der Waals surface area contributed by atoms with Crippen LogP contribution in [0, 0.1) is 11.7 Å². The number of hydrogen-bond donors (Lipinski definition) is 5. The van der Waals surface area contributed by atoms with Crippen molar-refractivity contribution in [2.45, 2.75) is 89.4 Å². The van der Waals surface area contributed by atoms with Gasteiger partial charge in [-0.2, -0.15) is 0 Å². The van der Waals surface area contributed by atoms with E-state index in [1.54, 1.807) is 33.9 Å². The third kappa shape index (κ3) is 5.05. The molecule has 13 heteroatoms. The number of pyridine rings is 1. The van der Waals surface area contributed by atoms with Gasteiger partial charge < -0.3 is 34.5 Å². The van der Waals surface area contributed by atoms with Crippen LogP contribution >= 0.6 is 19.8 Å². The first-order valence-corrected chi connectivity index (χ1v) is 13.0. The third-order valence-electron chi connectivity index (χ3n) is 6.58. The van der Waals surface area contributed by atoms with Gasteiger partial charge in [0.15, 0.2) is 11.6 Å². The maximum Gasteiger partial charge on any atom is 0.359 e. The number of nitrogens with zero attached hydrogens (tertiary/aromatic N) is 2. The van der Waals surface area contributed by atoms with E-state index in [0.717, 1.165) is 0 Å². The van der Waals surface area contributed by atoms with Crippen molar-refractivity contribution < 1.29 is 34.0 Å². The number of aromatic nitrogens is 3. The van der Waals surface area contributed by atoms with Crippen molar-refractivity contribution in [3.05, 3.63) is 33.0 Å². The van der Waals surface area contributed by atoms with E-state index in [1.807, 2.05) is 0 Å². The van der Waals surface area contributed by atoms with Crippen LogP contribution in [0.5, 0.6) is 0 Å². The minimum absolute atomic E-state index is 0.00180. The highest BCUT2D eigenvalue weighted by molar-refractivity contribution is 7.71. The number of ether oxygens (including phenoxy) is 1. The van der Waals surface area contributed by atoms with Gasteiger partial charge in [0, 0.05) is 24.1 Å². The van der Waals surface area contributed by atoms with Gasteiger partial charge in [0.05, 0.1) is 11.7 Å². The van der Waals surface area contributed by atoms with Gasteiger partial charge >= 0.3 is 7.60 Å². The molecule has 1 aliphatic rings. The van der Waals surface area contributed by atoms with E-state index in [1.165, 1.54) is 17.6 Å². The van der Waals surface area contributed by atoms with Gasteiger partial charge in [0.2, 0.25) is 10.3 Å². The number of nitrogens with one attached hydrogen (secondary N) is 1. The second-order valence-electron chi connectivity index (χ2n) is 9.25. The van der Waals surface area contributed by atoms with E-state index in [4.69, 9.17) is 21.5 Å². The summed E-state index contributed by atoms with van der Waals surface area (Å²) < 4.78 is 25.7. The van der Waals surface area contributed by atoms with Crippen molar-refractivity contribution >= 4 is 30.8 Å². The Labute approximate surface area is 201 Å². The molecule has 0 aliphatic carbocycles. The normalized spacial score (nSPS) is 28.4. The summed E-state index contributed by atoms with van der Waals surface area (Å²) in [4.78, 5) is 29.0. The first-order valence-electron chi connectivity index (χ1n) is 11.0. The summed E-state index contributed by atoms with van der Waals surface area (Å²) in [5.41, 5.74) is -0.625. The molecule has 7 atom stereocenters. The Morgan fingerprint density at radius 3 is 2.53 bits per heavy atom. The van der Waals surface area contributed by atoms with E-state index in [0.29, 0.717) is 16.6 Å². The lowest BCUT2D eigenvalue weighted by Gasteiger charge is -2.37. The van der Waals surface area contributed by atoms with Gasteiger partial charge in [-0.05, 0) is 51.4 Å². The lowest BCUT2D eigenvalue weighted by molar-refractivity contribution is -0.0707. The molecule has 11 nitrogen and oxygen atoms in total. The van der Waals surface area contributed by atoms with Crippen molar-refractivity contribution in [1.29, 1.82) is 0 Å². The van der Waals surface area contributed by atoms with Gasteiger partial charge in [0.25, 0.3) is 0 Å². The molecular weight excluding hydrogens is 485 g/mol. The summed E-state index contributed by atoms with van der Waals surface area (Å²) in [6.07, 6.45) is -2.95. The van der Waals surface area contributed by atoms with E-state index >= 15 is 0 Å². The fraction of sp³-hybridized carbons (Fsp3) is 0.667. The quantitative estimate of drug-likeness (QED) is 0.259. The highest BCUT2D eigenvalue weighted by Crippen LogP contribution is 2.59. The number of aliphatic hydroxyl groups excluding tert-OH is 2. The number of H-pyrrole nitrogens is 1. The summed E-state index contributed by atoms with van der Waals surface area (Å²) >= 11 is 5.33. The van der Waals surface area contributed by atoms with Gasteiger partial charge in [-0.1, -0.05) is 13.8 Å². The van der Waals surface area contributed by atoms with Gasteiger partial charge in [-0.15, -0.1) is 0 Å². The summed E-state index contributed by atoms with van der Waals surface area (Å²) in [7, 11) is -4.45. The molecule has 1 fully saturated rings. The van der Waals surface area contributed by atoms with E-state index in [-0.39, 0.29) is 29.6 Å². The number of aromatic amines is 1. The van der Waals surface area contributed by atoms with Crippen molar-refractivity contribution in [1.82, 2.24) is 14.5 Å². The Morgan fingerprint density at radius 1 is 1.29 bits per heavy atom. The second-order valence-corrected chi connectivity index (χ2v) is 11.8. The van der Waals surface area contributed by atoms with Crippen molar-refractivity contribution in [3.8, 4) is 0 Å². The summed E-state index contributed by atoms with van der Waals surface area (Å²) in [6.45, 7) is 7.86. The van der Waals surface area contributed by atoms with E-state index in [9.17, 15) is 29.6 Å². The third-order valence-corrected chi connectivity index (χ3v) is 9.10. The largest absolute Gasteiger partial charge is 0.388 e. The second kappa shape index (κ2) is 9.51. The first-order chi connectivity index (χ1) is 15.6. The molecule has 3 rings (SSSR count). The lowest BCUT2D eigenvalue weighted by Crippen LogP contribution is -2.40. The van der Waals surface area contributed by atoms with Crippen LogP contribution in [-0.4, -0.2) is 64.0 Å².